The molecule has 2 aromatic carbocycles. The molecule has 0 radical (unpaired) electrons. The van der Waals surface area contributed by atoms with Gasteiger partial charge in [-0.05, 0) is 92.2 Å². The van der Waals surface area contributed by atoms with E-state index in [-0.39, 0.29) is 62.2 Å². The number of amides is 4. The maximum atomic E-state index is 15.0. The molecule has 77 heavy (non-hydrogen) atoms. The molecule has 1 saturated carbocycles. The van der Waals surface area contributed by atoms with Gasteiger partial charge >= 0.3 is 23.9 Å². The molecule has 2 aliphatic rings. The van der Waals surface area contributed by atoms with E-state index in [0.717, 1.165) is 16.2 Å². The minimum atomic E-state index is -1.48. The predicted molar refractivity (Wildman–Crippen MR) is 295 cm³/mol. The van der Waals surface area contributed by atoms with Crippen LogP contribution in [-0.2, 0) is 76.6 Å². The maximum Gasteiger partial charge on any atom is 0.329 e. The third kappa shape index (κ3) is 19.3. The molecule has 0 N–H and O–H groups in total. The van der Waals surface area contributed by atoms with E-state index < -0.39 is 96.1 Å². The van der Waals surface area contributed by atoms with Crippen molar-refractivity contribution in [3.63, 3.8) is 0 Å². The first-order valence-corrected chi connectivity index (χ1v) is 28.3. The molecule has 4 rings (SSSR count). The van der Waals surface area contributed by atoms with E-state index in [4.69, 9.17) is 18.9 Å². The van der Waals surface area contributed by atoms with Gasteiger partial charge in [0.05, 0.1) is 0 Å². The van der Waals surface area contributed by atoms with E-state index in [1.165, 1.54) is 102 Å². The quantitative estimate of drug-likeness (QED) is 0.130. The number of cyclic esters (lactones) is 4. The molecule has 16 heteroatoms. The molecule has 1 saturated heterocycles. The first-order valence-electron chi connectivity index (χ1n) is 28.3. The van der Waals surface area contributed by atoms with Crippen molar-refractivity contribution in [2.45, 2.75) is 208 Å². The Bertz CT molecular complexity index is 2240. The fraction of sp³-hybridized carbons (Fsp3) is 0.672. The molecule has 0 aromatic heterocycles. The smallest absolute Gasteiger partial charge is 0.329 e. The topological polar surface area (TPSA) is 186 Å². The van der Waals surface area contributed by atoms with Crippen molar-refractivity contribution in [2.24, 2.45) is 29.6 Å². The molecule has 1 aliphatic carbocycles. The molecule has 2 aromatic rings. The van der Waals surface area contributed by atoms with Crippen molar-refractivity contribution >= 4 is 47.5 Å². The second-order valence-corrected chi connectivity index (χ2v) is 23.5. The fourth-order valence-electron chi connectivity index (χ4n) is 10.4. The minimum absolute atomic E-state index is 0.0646. The zero-order chi connectivity index (χ0) is 57.3. The van der Waals surface area contributed by atoms with E-state index in [1.54, 1.807) is 30.3 Å². The number of esters is 4. The number of hydrogen-bond donors (Lipinski definition) is 0. The highest BCUT2D eigenvalue weighted by Gasteiger charge is 2.43. The lowest BCUT2D eigenvalue weighted by Crippen LogP contribution is -2.55. The number of carbonyl (C=O) groups is 8. The van der Waals surface area contributed by atoms with Crippen molar-refractivity contribution < 1.29 is 57.3 Å². The fourth-order valence-corrected chi connectivity index (χ4v) is 10.4. The number of benzene rings is 2. The Hall–Kier alpha value is -5.80. The van der Waals surface area contributed by atoms with E-state index in [1.807, 2.05) is 79.7 Å². The van der Waals surface area contributed by atoms with E-state index in [0.29, 0.717) is 17.0 Å². The SMILES string of the molecule is CC(C)C[C@H]1C(=O)O[C@H](Cc2ccc(CC3CCCCCCC3)cc2)C(=O)N(C)[C@@H](CC(C)C)C(=O)O[C@H](C)C(=O)N(C)[C@@H](CC(C)C)C(=O)O[C@H](Cc2ccccc2)C(=O)N(C)[C@@H](CC(C)C)C(=O)O[C@H](C)C(=O)N1C. The van der Waals surface area contributed by atoms with Crippen molar-refractivity contribution in [1.29, 1.82) is 0 Å². The third-order valence-electron chi connectivity index (χ3n) is 14.9. The van der Waals surface area contributed by atoms with Gasteiger partial charge in [0.15, 0.2) is 24.4 Å². The summed E-state index contributed by atoms with van der Waals surface area (Å²) in [6.07, 6.45) is 3.99. The van der Waals surface area contributed by atoms with Crippen LogP contribution in [0.2, 0.25) is 0 Å². The van der Waals surface area contributed by atoms with Crippen LogP contribution in [0.3, 0.4) is 0 Å². The molecule has 1 heterocycles. The van der Waals surface area contributed by atoms with Crippen LogP contribution in [0, 0.1) is 29.6 Å². The second kappa shape index (κ2) is 30.4. The lowest BCUT2D eigenvalue weighted by molar-refractivity contribution is -0.176. The van der Waals surface area contributed by atoms with Gasteiger partial charge in [0.2, 0.25) is 0 Å². The summed E-state index contributed by atoms with van der Waals surface area (Å²) < 4.78 is 24.1. The largest absolute Gasteiger partial charge is 0.451 e. The summed E-state index contributed by atoms with van der Waals surface area (Å²) in [5.74, 6) is -6.47. The number of carbonyl (C=O) groups excluding carboxylic acids is 8. The highest BCUT2D eigenvalue weighted by molar-refractivity contribution is 5.94. The van der Waals surface area contributed by atoms with E-state index in [2.05, 4.69) is 0 Å². The summed E-state index contributed by atoms with van der Waals surface area (Å²) in [4.78, 5) is 121. The van der Waals surface area contributed by atoms with Gasteiger partial charge in [0, 0.05) is 41.0 Å². The number of ether oxygens (including phenoxy) is 4. The van der Waals surface area contributed by atoms with Crippen molar-refractivity contribution in [2.75, 3.05) is 28.2 Å². The summed E-state index contributed by atoms with van der Waals surface area (Å²) in [5, 5.41) is 0. The van der Waals surface area contributed by atoms with Crippen molar-refractivity contribution in [1.82, 2.24) is 19.6 Å². The van der Waals surface area contributed by atoms with Gasteiger partial charge in [0.25, 0.3) is 23.6 Å². The van der Waals surface area contributed by atoms with Gasteiger partial charge in [-0.1, -0.05) is 155 Å². The van der Waals surface area contributed by atoms with Gasteiger partial charge in [-0.2, -0.15) is 0 Å². The van der Waals surface area contributed by atoms with Crippen LogP contribution in [0.4, 0.5) is 0 Å². The van der Waals surface area contributed by atoms with Crippen LogP contribution in [-0.4, -0.2) is 144 Å². The Kier molecular flexibility index (Phi) is 25.1. The second-order valence-electron chi connectivity index (χ2n) is 23.5. The normalized spacial score (nSPS) is 25.4. The van der Waals surface area contributed by atoms with E-state index >= 15 is 4.79 Å². The third-order valence-corrected chi connectivity index (χ3v) is 14.9. The molecular formula is C61H92N4O12. The summed E-state index contributed by atoms with van der Waals surface area (Å²) in [5.41, 5.74) is 2.53. The highest BCUT2D eigenvalue weighted by Crippen LogP contribution is 2.28. The Balaban J connectivity index is 1.84. The summed E-state index contributed by atoms with van der Waals surface area (Å²) in [6, 6.07) is 11.9. The Morgan fingerprint density at radius 1 is 0.390 bits per heavy atom. The summed E-state index contributed by atoms with van der Waals surface area (Å²) >= 11 is 0. The van der Waals surface area contributed by atoms with Gasteiger partial charge in [-0.3, -0.25) is 19.2 Å². The van der Waals surface area contributed by atoms with Crippen LogP contribution < -0.4 is 0 Å². The first kappa shape index (κ1) is 63.7. The van der Waals surface area contributed by atoms with Gasteiger partial charge in [-0.15, -0.1) is 0 Å². The maximum absolute atomic E-state index is 15.0. The van der Waals surface area contributed by atoms with Crippen molar-refractivity contribution in [3.8, 4) is 0 Å². The molecule has 4 amide bonds. The Labute approximate surface area is 459 Å². The van der Waals surface area contributed by atoms with Gasteiger partial charge in [0.1, 0.15) is 24.2 Å². The molecule has 0 bridgehead atoms. The van der Waals surface area contributed by atoms with Crippen LogP contribution in [0.1, 0.15) is 157 Å². The van der Waals surface area contributed by atoms with Gasteiger partial charge < -0.3 is 38.5 Å². The molecule has 0 spiro atoms. The standard InChI is InChI=1S/C61H92N4O12/c1-38(2)31-48-58(70)74-43(10)55(67)63(12)51(34-41(7)8)61(73)77-53(37-47-29-27-46(28-30-47)35-44-23-19-16-15-17-20-24-44)57(69)65(14)49(32-39(3)4)59(71)75-42(9)54(66)62(11)50(33-40(5)6)60(72)76-52(56(68)64(48)13)36-45-25-21-18-22-26-45/h18,21-22,25-30,38-44,48-53H,15-17,19-20,23-24,31-37H2,1-14H3/t42-,43-,48+,49+,50+,51+,52-,53-/m1/s1. The first-order chi connectivity index (χ1) is 36.3. The number of rotatable bonds is 14. The number of nitrogens with zero attached hydrogens (tertiary/aromatic N) is 4. The van der Waals surface area contributed by atoms with Crippen LogP contribution in [0.15, 0.2) is 54.6 Å². The van der Waals surface area contributed by atoms with Crippen molar-refractivity contribution in [3.05, 3.63) is 71.3 Å². The lowest BCUT2D eigenvalue weighted by Gasteiger charge is -2.35. The van der Waals surface area contributed by atoms with E-state index in [9.17, 15) is 33.6 Å². The van der Waals surface area contributed by atoms with Crippen LogP contribution in [0.5, 0.6) is 0 Å². The molecular weight excluding hydrogens is 981 g/mol. The zero-order valence-corrected chi connectivity index (χ0v) is 48.8. The summed E-state index contributed by atoms with van der Waals surface area (Å²) in [6.45, 7) is 17.7. The lowest BCUT2D eigenvalue weighted by atomic mass is 9.86. The number of hydrogen-bond acceptors (Lipinski definition) is 12. The van der Waals surface area contributed by atoms with Crippen LogP contribution >= 0.6 is 0 Å². The predicted octanol–water partition coefficient (Wildman–Crippen LogP) is 8.57. The zero-order valence-electron chi connectivity index (χ0n) is 48.8. The average molecular weight is 1070 g/mol. The van der Waals surface area contributed by atoms with Gasteiger partial charge in [-0.25, -0.2) is 19.2 Å². The molecule has 2 fully saturated rings. The Morgan fingerprint density at radius 3 is 1.01 bits per heavy atom. The average Bonchev–Trinajstić information content (AvgIpc) is 3.36. The molecule has 8 atom stereocenters. The highest BCUT2D eigenvalue weighted by atomic mass is 16.6. The molecule has 428 valence electrons. The van der Waals surface area contributed by atoms with Crippen LogP contribution in [0.25, 0.3) is 0 Å². The summed E-state index contributed by atoms with van der Waals surface area (Å²) in [7, 11) is 5.65. The molecule has 1 aliphatic heterocycles. The Morgan fingerprint density at radius 2 is 0.675 bits per heavy atom. The monoisotopic (exact) mass is 1070 g/mol. The molecule has 0 unspecified atom stereocenters. The molecule has 16 nitrogen and oxygen atoms in total. The number of likely N-dealkylation sites (N-methyl/N-ethyl adjacent to an activating group) is 4. The minimum Gasteiger partial charge on any atom is -0.451 e.